The van der Waals surface area contributed by atoms with Crippen molar-refractivity contribution in [1.29, 1.82) is 0 Å². The van der Waals surface area contributed by atoms with Crippen LogP contribution in [0.4, 0.5) is 0 Å². The smallest absolute Gasteiger partial charge is 0.0467 e. The maximum absolute atomic E-state index is 6.01. The van der Waals surface area contributed by atoms with Crippen LogP contribution in [0, 0.1) is 5.41 Å². The van der Waals surface area contributed by atoms with Gasteiger partial charge in [-0.15, -0.1) is 0 Å². The molecule has 20 heavy (non-hydrogen) atoms. The molecule has 0 saturated carbocycles. The summed E-state index contributed by atoms with van der Waals surface area (Å²) in [7, 11) is 2.17. The molecule has 0 amide bonds. The van der Waals surface area contributed by atoms with Crippen molar-refractivity contribution in [2.75, 3.05) is 20.1 Å². The van der Waals surface area contributed by atoms with Crippen LogP contribution in [-0.2, 0) is 5.41 Å². The second kappa shape index (κ2) is 6.28. The molecule has 0 spiro atoms. The summed E-state index contributed by atoms with van der Waals surface area (Å²) in [5.41, 5.74) is 9.18. The predicted molar refractivity (Wildman–Crippen MR) is 89.0 cm³/mol. The Morgan fingerprint density at radius 2 is 1.50 bits per heavy atom. The highest BCUT2D eigenvalue weighted by Gasteiger charge is 2.21. The van der Waals surface area contributed by atoms with E-state index < -0.39 is 0 Å². The fraction of sp³-hybridized carbons (Fsp3) is 0.667. The number of nitrogens with zero attached hydrogens (tertiary/aromatic N) is 1. The minimum atomic E-state index is 0.202. The van der Waals surface area contributed by atoms with Crippen LogP contribution in [0.25, 0.3) is 0 Å². The van der Waals surface area contributed by atoms with Gasteiger partial charge in [0.05, 0.1) is 0 Å². The molecule has 1 unspecified atom stereocenters. The Morgan fingerprint density at radius 3 is 1.85 bits per heavy atom. The lowest BCUT2D eigenvalue weighted by molar-refractivity contribution is 0.175. The molecule has 0 aliphatic rings. The zero-order chi connectivity index (χ0) is 15.6. The summed E-state index contributed by atoms with van der Waals surface area (Å²) < 4.78 is 0. The molecule has 114 valence electrons. The van der Waals surface area contributed by atoms with E-state index in [2.05, 4.69) is 77.8 Å². The summed E-state index contributed by atoms with van der Waals surface area (Å²) in [6, 6.07) is 9.24. The van der Waals surface area contributed by atoms with Gasteiger partial charge in [-0.2, -0.15) is 0 Å². The van der Waals surface area contributed by atoms with Crippen molar-refractivity contribution < 1.29 is 0 Å². The fourth-order valence-electron chi connectivity index (χ4n) is 2.63. The minimum Gasteiger partial charge on any atom is -0.329 e. The second-order valence-electron chi connectivity index (χ2n) is 8.10. The van der Waals surface area contributed by atoms with E-state index in [0.29, 0.717) is 12.6 Å². The number of hydrogen-bond acceptors (Lipinski definition) is 2. The van der Waals surface area contributed by atoms with Crippen LogP contribution in [0.3, 0.4) is 0 Å². The van der Waals surface area contributed by atoms with E-state index in [0.717, 1.165) is 6.54 Å². The first kappa shape index (κ1) is 17.2. The molecule has 0 fully saturated rings. The van der Waals surface area contributed by atoms with Gasteiger partial charge in [0, 0.05) is 19.1 Å². The molecule has 0 bridgehead atoms. The van der Waals surface area contributed by atoms with Gasteiger partial charge in [-0.25, -0.2) is 0 Å². The molecular weight excluding hydrogens is 244 g/mol. The maximum Gasteiger partial charge on any atom is 0.0467 e. The van der Waals surface area contributed by atoms with E-state index in [-0.39, 0.29) is 10.8 Å². The van der Waals surface area contributed by atoms with E-state index >= 15 is 0 Å². The quantitative estimate of drug-likeness (QED) is 0.902. The van der Waals surface area contributed by atoms with Gasteiger partial charge in [0.1, 0.15) is 0 Å². The minimum absolute atomic E-state index is 0.202. The molecule has 0 aliphatic heterocycles. The highest BCUT2D eigenvalue weighted by molar-refractivity contribution is 5.29. The Balaban J connectivity index is 2.90. The number of hydrogen-bond donors (Lipinski definition) is 1. The van der Waals surface area contributed by atoms with Crippen molar-refractivity contribution in [3.63, 3.8) is 0 Å². The van der Waals surface area contributed by atoms with Gasteiger partial charge < -0.3 is 5.73 Å². The SMILES string of the molecule is CN(CC(C)(C)C)C(CN)c1ccc(C(C)(C)C)cc1. The van der Waals surface area contributed by atoms with E-state index in [9.17, 15) is 0 Å². The van der Waals surface area contributed by atoms with E-state index in [4.69, 9.17) is 5.73 Å². The van der Waals surface area contributed by atoms with Gasteiger partial charge in [-0.1, -0.05) is 65.8 Å². The summed E-state index contributed by atoms with van der Waals surface area (Å²) in [6.45, 7) is 15.2. The van der Waals surface area contributed by atoms with Crippen LogP contribution in [0.1, 0.15) is 58.7 Å². The first-order chi connectivity index (χ1) is 9.04. The van der Waals surface area contributed by atoms with Gasteiger partial charge in [0.15, 0.2) is 0 Å². The van der Waals surface area contributed by atoms with Crippen molar-refractivity contribution in [3.8, 4) is 0 Å². The van der Waals surface area contributed by atoms with E-state index in [1.165, 1.54) is 11.1 Å². The fourth-order valence-corrected chi connectivity index (χ4v) is 2.63. The molecule has 1 atom stereocenters. The standard InChI is InChI=1S/C18H32N2/c1-17(2,3)13-20(7)16(12-19)14-8-10-15(11-9-14)18(4,5)6/h8-11,16H,12-13,19H2,1-7H3. The molecular formula is C18H32N2. The molecule has 2 N–H and O–H groups in total. The zero-order valence-electron chi connectivity index (χ0n) is 14.3. The topological polar surface area (TPSA) is 29.3 Å². The third-order valence-corrected chi connectivity index (χ3v) is 3.64. The van der Waals surface area contributed by atoms with Gasteiger partial charge in [0.25, 0.3) is 0 Å². The normalized spacial score (nSPS) is 14.7. The number of likely N-dealkylation sites (N-methyl/N-ethyl adjacent to an activating group) is 1. The maximum atomic E-state index is 6.01. The first-order valence-corrected chi connectivity index (χ1v) is 7.55. The first-order valence-electron chi connectivity index (χ1n) is 7.55. The molecule has 1 rings (SSSR count). The van der Waals surface area contributed by atoms with Crippen molar-refractivity contribution >= 4 is 0 Å². The van der Waals surface area contributed by atoms with Crippen molar-refractivity contribution in [3.05, 3.63) is 35.4 Å². The van der Waals surface area contributed by atoms with Crippen molar-refractivity contribution in [2.24, 2.45) is 11.1 Å². The van der Waals surface area contributed by atoms with Gasteiger partial charge in [-0.05, 0) is 29.0 Å². The monoisotopic (exact) mass is 276 g/mol. The molecule has 0 aromatic heterocycles. The average Bonchev–Trinajstić information content (AvgIpc) is 2.27. The van der Waals surface area contributed by atoms with Gasteiger partial charge in [0.2, 0.25) is 0 Å². The molecule has 1 aromatic rings. The van der Waals surface area contributed by atoms with Crippen molar-refractivity contribution in [1.82, 2.24) is 4.90 Å². The Hall–Kier alpha value is -0.860. The molecule has 0 radical (unpaired) electrons. The van der Waals surface area contributed by atoms with Crippen LogP contribution in [0.2, 0.25) is 0 Å². The van der Waals surface area contributed by atoms with E-state index in [1.807, 2.05) is 0 Å². The summed E-state index contributed by atoms with van der Waals surface area (Å²) in [5.74, 6) is 0. The van der Waals surface area contributed by atoms with Crippen molar-refractivity contribution in [2.45, 2.75) is 53.0 Å². The van der Waals surface area contributed by atoms with Crippen LogP contribution >= 0.6 is 0 Å². The molecule has 0 heterocycles. The third-order valence-electron chi connectivity index (χ3n) is 3.64. The zero-order valence-corrected chi connectivity index (χ0v) is 14.3. The lowest BCUT2D eigenvalue weighted by Crippen LogP contribution is -2.36. The van der Waals surface area contributed by atoms with Crippen LogP contribution in [0.5, 0.6) is 0 Å². The molecule has 2 nitrogen and oxygen atoms in total. The van der Waals surface area contributed by atoms with Crippen LogP contribution < -0.4 is 5.73 Å². The lowest BCUT2D eigenvalue weighted by atomic mass is 9.86. The summed E-state index contributed by atoms with van der Waals surface area (Å²) >= 11 is 0. The molecule has 2 heteroatoms. The van der Waals surface area contributed by atoms with Gasteiger partial charge >= 0.3 is 0 Å². The number of nitrogens with two attached hydrogens (primary N) is 1. The van der Waals surface area contributed by atoms with Crippen LogP contribution in [0.15, 0.2) is 24.3 Å². The molecule has 0 saturated heterocycles. The summed E-state index contributed by atoms with van der Waals surface area (Å²) in [5, 5.41) is 0. The third kappa shape index (κ3) is 4.92. The number of rotatable bonds is 4. The summed E-state index contributed by atoms with van der Waals surface area (Å²) in [4.78, 5) is 2.37. The Labute approximate surface area is 125 Å². The molecule has 1 aromatic carbocycles. The highest BCUT2D eigenvalue weighted by Crippen LogP contribution is 2.27. The summed E-state index contributed by atoms with van der Waals surface area (Å²) in [6.07, 6.45) is 0. The Morgan fingerprint density at radius 1 is 1.00 bits per heavy atom. The average molecular weight is 276 g/mol. The van der Waals surface area contributed by atoms with Gasteiger partial charge in [-0.3, -0.25) is 4.90 Å². The number of benzene rings is 1. The van der Waals surface area contributed by atoms with Crippen LogP contribution in [-0.4, -0.2) is 25.0 Å². The highest BCUT2D eigenvalue weighted by atomic mass is 15.1. The van der Waals surface area contributed by atoms with E-state index in [1.54, 1.807) is 0 Å². The largest absolute Gasteiger partial charge is 0.329 e. The Kier molecular flexibility index (Phi) is 5.39. The lowest BCUT2D eigenvalue weighted by Gasteiger charge is -2.33. The predicted octanol–water partition coefficient (Wildman–Crippen LogP) is 3.96. The second-order valence-corrected chi connectivity index (χ2v) is 8.10. The molecule has 0 aliphatic carbocycles. The Bertz CT molecular complexity index is 407.